The molecule has 132 valence electrons. The van der Waals surface area contributed by atoms with Crippen LogP contribution in [0.25, 0.3) is 0 Å². The van der Waals surface area contributed by atoms with Gasteiger partial charge in [-0.05, 0) is 37.8 Å². The first kappa shape index (κ1) is 18.6. The molecule has 0 bridgehead atoms. The van der Waals surface area contributed by atoms with Crippen molar-refractivity contribution in [3.8, 4) is 0 Å². The number of amides is 2. The number of anilines is 1. The van der Waals surface area contributed by atoms with Crippen LogP contribution in [0.15, 0.2) is 18.2 Å². The van der Waals surface area contributed by atoms with Gasteiger partial charge in [0, 0.05) is 18.5 Å². The van der Waals surface area contributed by atoms with Gasteiger partial charge < -0.3 is 16.0 Å². The normalized spacial score (nSPS) is 26.4. The first-order chi connectivity index (χ1) is 11.0. The first-order valence-electron chi connectivity index (χ1n) is 7.78. The standard InChI is InChI=1S/C16H19F2N3O2.ClH/c17-11-2-1-3-12(18)14(11)21-7-6-13(16(21)23)20-15(22)9-4-5-10(19)8-9;/h1-3,9-10,13H,4-8,19H2,(H,20,22);1H. The Balaban J connectivity index is 0.00000208. The maximum Gasteiger partial charge on any atom is 0.249 e. The van der Waals surface area contributed by atoms with Gasteiger partial charge in [0.15, 0.2) is 0 Å². The molecule has 2 aliphatic rings. The number of carbonyl (C=O) groups excluding carboxylic acids is 2. The van der Waals surface area contributed by atoms with Crippen molar-refractivity contribution >= 4 is 29.9 Å². The lowest BCUT2D eigenvalue weighted by molar-refractivity contribution is -0.129. The quantitative estimate of drug-likeness (QED) is 0.863. The maximum absolute atomic E-state index is 13.8. The predicted octanol–water partition coefficient (Wildman–Crippen LogP) is 1.74. The van der Waals surface area contributed by atoms with E-state index in [1.165, 1.54) is 6.07 Å². The summed E-state index contributed by atoms with van der Waals surface area (Å²) < 4.78 is 27.6. The van der Waals surface area contributed by atoms with Gasteiger partial charge in [-0.3, -0.25) is 9.59 Å². The predicted molar refractivity (Wildman–Crippen MR) is 87.8 cm³/mol. The summed E-state index contributed by atoms with van der Waals surface area (Å²) in [6.07, 6.45) is 2.44. The monoisotopic (exact) mass is 359 g/mol. The molecule has 1 aliphatic carbocycles. The first-order valence-corrected chi connectivity index (χ1v) is 7.78. The second-order valence-corrected chi connectivity index (χ2v) is 6.18. The van der Waals surface area contributed by atoms with Crippen LogP contribution in [0.4, 0.5) is 14.5 Å². The topological polar surface area (TPSA) is 75.4 Å². The molecule has 5 nitrogen and oxygen atoms in total. The zero-order chi connectivity index (χ0) is 16.6. The van der Waals surface area contributed by atoms with E-state index in [2.05, 4.69) is 5.32 Å². The van der Waals surface area contributed by atoms with Crippen LogP contribution in [0.1, 0.15) is 25.7 Å². The molecule has 3 N–H and O–H groups in total. The molecule has 0 spiro atoms. The van der Waals surface area contributed by atoms with Gasteiger partial charge in [-0.25, -0.2) is 8.78 Å². The molecule has 2 fully saturated rings. The summed E-state index contributed by atoms with van der Waals surface area (Å²) >= 11 is 0. The summed E-state index contributed by atoms with van der Waals surface area (Å²) in [6.45, 7) is 0.172. The van der Waals surface area contributed by atoms with Crippen LogP contribution >= 0.6 is 12.4 Å². The molecule has 0 aromatic heterocycles. The van der Waals surface area contributed by atoms with Crippen LogP contribution in [-0.4, -0.2) is 30.4 Å². The molecule has 1 saturated heterocycles. The van der Waals surface area contributed by atoms with Crippen LogP contribution in [0.3, 0.4) is 0 Å². The van der Waals surface area contributed by atoms with Gasteiger partial charge >= 0.3 is 0 Å². The summed E-state index contributed by atoms with van der Waals surface area (Å²) in [4.78, 5) is 25.6. The van der Waals surface area contributed by atoms with Gasteiger partial charge in [-0.2, -0.15) is 0 Å². The van der Waals surface area contributed by atoms with E-state index in [-0.39, 0.29) is 42.5 Å². The molecule has 1 aromatic carbocycles. The van der Waals surface area contributed by atoms with Crippen molar-refractivity contribution in [2.75, 3.05) is 11.4 Å². The van der Waals surface area contributed by atoms with Crippen LogP contribution < -0.4 is 16.0 Å². The fourth-order valence-electron chi connectivity index (χ4n) is 3.33. The fourth-order valence-corrected chi connectivity index (χ4v) is 3.33. The minimum absolute atomic E-state index is 0. The minimum atomic E-state index is -0.785. The summed E-state index contributed by atoms with van der Waals surface area (Å²) in [6, 6.07) is 2.75. The van der Waals surface area contributed by atoms with Crippen molar-refractivity contribution in [3.63, 3.8) is 0 Å². The summed E-state index contributed by atoms with van der Waals surface area (Å²) in [5.41, 5.74) is 5.44. The molecule has 3 atom stereocenters. The highest BCUT2D eigenvalue weighted by Crippen LogP contribution is 2.29. The van der Waals surface area contributed by atoms with Crippen molar-refractivity contribution in [2.45, 2.75) is 37.8 Å². The number of rotatable bonds is 3. The van der Waals surface area contributed by atoms with E-state index < -0.39 is 23.6 Å². The Morgan fingerprint density at radius 3 is 2.46 bits per heavy atom. The average molecular weight is 360 g/mol. The molecule has 24 heavy (non-hydrogen) atoms. The van der Waals surface area contributed by atoms with Gasteiger partial charge in [0.05, 0.1) is 0 Å². The van der Waals surface area contributed by atoms with E-state index >= 15 is 0 Å². The second kappa shape index (κ2) is 7.44. The number of carbonyl (C=O) groups is 2. The highest BCUT2D eigenvalue weighted by atomic mass is 35.5. The van der Waals surface area contributed by atoms with Crippen LogP contribution in [0.2, 0.25) is 0 Å². The number of benzene rings is 1. The van der Waals surface area contributed by atoms with Gasteiger partial charge in [-0.1, -0.05) is 6.07 Å². The number of hydrogen-bond donors (Lipinski definition) is 2. The third-order valence-corrected chi connectivity index (χ3v) is 4.57. The zero-order valence-corrected chi connectivity index (χ0v) is 13.8. The number of halogens is 3. The largest absolute Gasteiger partial charge is 0.344 e. The molecule has 2 amide bonds. The number of hydrogen-bond acceptors (Lipinski definition) is 3. The van der Waals surface area contributed by atoms with Gasteiger partial charge in [0.2, 0.25) is 11.8 Å². The van der Waals surface area contributed by atoms with E-state index in [1.807, 2.05) is 0 Å². The third-order valence-electron chi connectivity index (χ3n) is 4.57. The summed E-state index contributed by atoms with van der Waals surface area (Å²) in [5.74, 6) is -2.44. The number of nitrogens with one attached hydrogen (secondary N) is 1. The van der Waals surface area contributed by atoms with Gasteiger partial charge in [-0.15, -0.1) is 12.4 Å². The van der Waals surface area contributed by atoms with E-state index in [0.717, 1.165) is 23.5 Å². The third kappa shape index (κ3) is 3.52. The summed E-state index contributed by atoms with van der Waals surface area (Å²) in [5, 5.41) is 2.70. The Labute approximate surface area is 145 Å². The lowest BCUT2D eigenvalue weighted by Crippen LogP contribution is -2.44. The van der Waals surface area contributed by atoms with Crippen molar-refractivity contribution in [2.24, 2.45) is 11.7 Å². The molecule has 8 heteroatoms. The smallest absolute Gasteiger partial charge is 0.249 e. The minimum Gasteiger partial charge on any atom is -0.344 e. The van der Waals surface area contributed by atoms with Gasteiger partial charge in [0.25, 0.3) is 0 Å². The molecular weight excluding hydrogens is 340 g/mol. The molecule has 1 aromatic rings. The Hall–Kier alpha value is -1.73. The van der Waals surface area contributed by atoms with Crippen molar-refractivity contribution in [1.82, 2.24) is 5.32 Å². The highest BCUT2D eigenvalue weighted by molar-refractivity contribution is 6.01. The molecule has 1 aliphatic heterocycles. The van der Waals surface area contributed by atoms with Crippen LogP contribution in [0, 0.1) is 17.6 Å². The lowest BCUT2D eigenvalue weighted by Gasteiger charge is -2.19. The lowest BCUT2D eigenvalue weighted by atomic mass is 10.1. The van der Waals surface area contributed by atoms with Crippen LogP contribution in [0.5, 0.6) is 0 Å². The Morgan fingerprint density at radius 2 is 1.88 bits per heavy atom. The van der Waals surface area contributed by atoms with Crippen LogP contribution in [-0.2, 0) is 9.59 Å². The molecule has 1 saturated carbocycles. The molecule has 3 rings (SSSR count). The highest BCUT2D eigenvalue weighted by Gasteiger charge is 2.38. The maximum atomic E-state index is 13.8. The zero-order valence-electron chi connectivity index (χ0n) is 13.0. The number of nitrogens with two attached hydrogens (primary N) is 1. The Kier molecular flexibility index (Phi) is 5.77. The van der Waals surface area contributed by atoms with E-state index in [9.17, 15) is 18.4 Å². The Morgan fingerprint density at radius 1 is 1.21 bits per heavy atom. The molecule has 1 heterocycles. The molecule has 0 radical (unpaired) electrons. The molecule has 3 unspecified atom stereocenters. The van der Waals surface area contributed by atoms with E-state index in [1.54, 1.807) is 0 Å². The summed E-state index contributed by atoms with van der Waals surface area (Å²) in [7, 11) is 0. The molecular formula is C16H20ClF2N3O2. The number of nitrogens with zero attached hydrogens (tertiary/aromatic N) is 1. The van der Waals surface area contributed by atoms with E-state index in [4.69, 9.17) is 5.73 Å². The fraction of sp³-hybridized carbons (Fsp3) is 0.500. The van der Waals surface area contributed by atoms with Crippen molar-refractivity contribution < 1.29 is 18.4 Å². The van der Waals surface area contributed by atoms with Gasteiger partial charge in [0.1, 0.15) is 23.4 Å². The Bertz CT molecular complexity index is 623. The SMILES string of the molecule is Cl.NC1CCC(C(=O)NC2CCN(c3c(F)cccc3F)C2=O)C1. The second-order valence-electron chi connectivity index (χ2n) is 6.18. The van der Waals surface area contributed by atoms with Crippen molar-refractivity contribution in [3.05, 3.63) is 29.8 Å². The van der Waals surface area contributed by atoms with E-state index in [0.29, 0.717) is 19.3 Å². The van der Waals surface area contributed by atoms with Crippen molar-refractivity contribution in [1.29, 1.82) is 0 Å². The average Bonchev–Trinajstić information content (AvgIpc) is 3.08. The number of para-hydroxylation sites is 1.